The van der Waals surface area contributed by atoms with Gasteiger partial charge in [0, 0.05) is 21.7 Å². The minimum Gasteiger partial charge on any atom is -0.489 e. The van der Waals surface area contributed by atoms with Crippen LogP contribution in [0.25, 0.3) is 11.6 Å². The first-order valence-electron chi connectivity index (χ1n) is 6.85. The number of para-hydroxylation sites is 1. The second-order valence-corrected chi connectivity index (χ2v) is 5.28. The standard InChI is InChI=1S/C18H14ClNO2/c1-2-9-22-17-6-4-3-5-12(17)10-15-14-8-7-13(19)11-16(14)20-18(15)21/h2-8,10-11H,1,9H2,(H,20,21)/b15-10+. The van der Waals surface area contributed by atoms with E-state index in [1.54, 1.807) is 18.2 Å². The summed E-state index contributed by atoms with van der Waals surface area (Å²) in [6.07, 6.45) is 3.51. The van der Waals surface area contributed by atoms with Gasteiger partial charge >= 0.3 is 0 Å². The van der Waals surface area contributed by atoms with Crippen LogP contribution in [0, 0.1) is 0 Å². The fourth-order valence-corrected chi connectivity index (χ4v) is 2.52. The van der Waals surface area contributed by atoms with Gasteiger partial charge in [-0.25, -0.2) is 0 Å². The summed E-state index contributed by atoms with van der Waals surface area (Å²) >= 11 is 5.96. The molecule has 0 bridgehead atoms. The molecule has 1 heterocycles. The van der Waals surface area contributed by atoms with Crippen LogP contribution in [0.5, 0.6) is 5.75 Å². The number of anilines is 1. The Morgan fingerprint density at radius 3 is 2.86 bits per heavy atom. The molecule has 3 rings (SSSR count). The van der Waals surface area contributed by atoms with E-state index in [0.717, 1.165) is 16.8 Å². The van der Waals surface area contributed by atoms with Crippen molar-refractivity contribution in [3.05, 3.63) is 71.3 Å². The third-order valence-corrected chi connectivity index (χ3v) is 3.58. The maximum absolute atomic E-state index is 12.2. The van der Waals surface area contributed by atoms with E-state index in [0.29, 0.717) is 23.0 Å². The first-order valence-corrected chi connectivity index (χ1v) is 7.22. The highest BCUT2D eigenvalue weighted by Gasteiger charge is 2.24. The van der Waals surface area contributed by atoms with E-state index in [-0.39, 0.29) is 5.91 Å². The third kappa shape index (κ3) is 2.76. The highest BCUT2D eigenvalue weighted by Crippen LogP contribution is 2.36. The number of carbonyl (C=O) groups excluding carboxylic acids is 1. The number of fused-ring (bicyclic) bond motifs is 1. The lowest BCUT2D eigenvalue weighted by atomic mass is 10.0. The minimum atomic E-state index is -0.143. The summed E-state index contributed by atoms with van der Waals surface area (Å²) in [5.41, 5.74) is 3.01. The van der Waals surface area contributed by atoms with Crippen LogP contribution in [-0.2, 0) is 4.79 Å². The number of hydrogen-bond acceptors (Lipinski definition) is 2. The Morgan fingerprint density at radius 1 is 1.23 bits per heavy atom. The molecular weight excluding hydrogens is 298 g/mol. The topological polar surface area (TPSA) is 38.3 Å². The van der Waals surface area contributed by atoms with E-state index < -0.39 is 0 Å². The normalized spacial score (nSPS) is 14.6. The Balaban J connectivity index is 2.03. The van der Waals surface area contributed by atoms with E-state index in [2.05, 4.69) is 11.9 Å². The molecule has 1 amide bonds. The fourth-order valence-electron chi connectivity index (χ4n) is 2.35. The molecule has 3 nitrogen and oxygen atoms in total. The van der Waals surface area contributed by atoms with Gasteiger partial charge in [0.1, 0.15) is 12.4 Å². The highest BCUT2D eigenvalue weighted by molar-refractivity contribution is 6.36. The lowest BCUT2D eigenvalue weighted by Crippen LogP contribution is -2.03. The molecule has 0 fully saturated rings. The molecule has 22 heavy (non-hydrogen) atoms. The average Bonchev–Trinajstić information content (AvgIpc) is 2.81. The first-order chi connectivity index (χ1) is 10.7. The molecule has 0 spiro atoms. The number of halogens is 1. The smallest absolute Gasteiger partial charge is 0.256 e. The molecule has 0 unspecified atom stereocenters. The predicted molar refractivity (Wildman–Crippen MR) is 90.1 cm³/mol. The number of hydrogen-bond donors (Lipinski definition) is 1. The molecule has 0 saturated heterocycles. The highest BCUT2D eigenvalue weighted by atomic mass is 35.5. The minimum absolute atomic E-state index is 0.143. The second kappa shape index (κ2) is 6.08. The largest absolute Gasteiger partial charge is 0.489 e. The van der Waals surface area contributed by atoms with Gasteiger partial charge in [-0.15, -0.1) is 0 Å². The Hall–Kier alpha value is -2.52. The number of benzene rings is 2. The molecule has 1 aliphatic rings. The zero-order valence-electron chi connectivity index (χ0n) is 11.8. The van der Waals surface area contributed by atoms with Crippen molar-refractivity contribution >= 4 is 34.8 Å². The zero-order chi connectivity index (χ0) is 15.5. The number of ether oxygens (including phenoxy) is 1. The maximum Gasteiger partial charge on any atom is 0.256 e. The number of carbonyl (C=O) groups is 1. The summed E-state index contributed by atoms with van der Waals surface area (Å²) in [6, 6.07) is 12.9. The number of amides is 1. The van der Waals surface area contributed by atoms with E-state index in [9.17, 15) is 4.79 Å². The Morgan fingerprint density at radius 2 is 2.05 bits per heavy atom. The van der Waals surface area contributed by atoms with Gasteiger partial charge in [-0.2, -0.15) is 0 Å². The van der Waals surface area contributed by atoms with Crippen LogP contribution >= 0.6 is 11.6 Å². The maximum atomic E-state index is 12.2. The molecule has 0 radical (unpaired) electrons. The lowest BCUT2D eigenvalue weighted by Gasteiger charge is -2.07. The van der Waals surface area contributed by atoms with Crippen molar-refractivity contribution in [2.45, 2.75) is 0 Å². The molecule has 110 valence electrons. The van der Waals surface area contributed by atoms with Gasteiger partial charge in [-0.3, -0.25) is 4.79 Å². The summed E-state index contributed by atoms with van der Waals surface area (Å²) in [7, 11) is 0. The summed E-state index contributed by atoms with van der Waals surface area (Å²) in [6.45, 7) is 4.06. The van der Waals surface area contributed by atoms with Gasteiger partial charge in [0.25, 0.3) is 5.91 Å². The van der Waals surface area contributed by atoms with Crippen LogP contribution in [0.15, 0.2) is 55.1 Å². The van der Waals surface area contributed by atoms with Crippen LogP contribution in [0.1, 0.15) is 11.1 Å². The summed E-state index contributed by atoms with van der Waals surface area (Å²) in [5, 5.41) is 3.42. The van der Waals surface area contributed by atoms with E-state index in [4.69, 9.17) is 16.3 Å². The molecular formula is C18H14ClNO2. The molecule has 0 aromatic heterocycles. The lowest BCUT2D eigenvalue weighted by molar-refractivity contribution is -0.110. The Labute approximate surface area is 133 Å². The van der Waals surface area contributed by atoms with Crippen molar-refractivity contribution in [2.24, 2.45) is 0 Å². The van der Waals surface area contributed by atoms with Crippen molar-refractivity contribution in [1.29, 1.82) is 0 Å². The molecule has 4 heteroatoms. The van der Waals surface area contributed by atoms with E-state index in [1.165, 1.54) is 0 Å². The SMILES string of the molecule is C=CCOc1ccccc1/C=C1/C(=O)Nc2cc(Cl)ccc21. The van der Waals surface area contributed by atoms with Gasteiger partial charge in [0.2, 0.25) is 0 Å². The molecule has 0 aliphatic carbocycles. The van der Waals surface area contributed by atoms with Gasteiger partial charge in [-0.05, 0) is 24.3 Å². The van der Waals surface area contributed by atoms with Crippen molar-refractivity contribution in [3.63, 3.8) is 0 Å². The molecule has 1 aliphatic heterocycles. The average molecular weight is 312 g/mol. The zero-order valence-corrected chi connectivity index (χ0v) is 12.6. The molecule has 1 N–H and O–H groups in total. The fraction of sp³-hybridized carbons (Fsp3) is 0.0556. The molecule has 2 aromatic rings. The van der Waals surface area contributed by atoms with Crippen molar-refractivity contribution in [1.82, 2.24) is 0 Å². The van der Waals surface area contributed by atoms with Crippen molar-refractivity contribution in [2.75, 3.05) is 11.9 Å². The third-order valence-electron chi connectivity index (χ3n) is 3.34. The molecule has 0 atom stereocenters. The van der Waals surface area contributed by atoms with Crippen LogP contribution < -0.4 is 10.1 Å². The summed E-state index contributed by atoms with van der Waals surface area (Å²) in [4.78, 5) is 12.2. The quantitative estimate of drug-likeness (QED) is 0.671. The van der Waals surface area contributed by atoms with Crippen LogP contribution in [0.3, 0.4) is 0 Å². The monoisotopic (exact) mass is 311 g/mol. The second-order valence-electron chi connectivity index (χ2n) is 4.84. The first kappa shape index (κ1) is 14.4. The Kier molecular flexibility index (Phi) is 3.98. The van der Waals surface area contributed by atoms with Crippen molar-refractivity contribution < 1.29 is 9.53 Å². The van der Waals surface area contributed by atoms with E-state index >= 15 is 0 Å². The van der Waals surface area contributed by atoms with E-state index in [1.807, 2.05) is 36.4 Å². The molecule has 0 saturated carbocycles. The van der Waals surface area contributed by atoms with Crippen LogP contribution in [-0.4, -0.2) is 12.5 Å². The van der Waals surface area contributed by atoms with Gasteiger partial charge in [0.15, 0.2) is 0 Å². The predicted octanol–water partition coefficient (Wildman–Crippen LogP) is 4.40. The van der Waals surface area contributed by atoms with Gasteiger partial charge in [-0.1, -0.05) is 48.5 Å². The van der Waals surface area contributed by atoms with Gasteiger partial charge in [0.05, 0.1) is 5.69 Å². The Bertz CT molecular complexity index is 780. The number of rotatable bonds is 4. The summed E-state index contributed by atoms with van der Waals surface area (Å²) < 4.78 is 5.62. The van der Waals surface area contributed by atoms with Crippen LogP contribution in [0.4, 0.5) is 5.69 Å². The van der Waals surface area contributed by atoms with Crippen molar-refractivity contribution in [3.8, 4) is 5.75 Å². The van der Waals surface area contributed by atoms with Crippen LogP contribution in [0.2, 0.25) is 5.02 Å². The number of nitrogens with one attached hydrogen (secondary N) is 1. The van der Waals surface area contributed by atoms with Gasteiger partial charge < -0.3 is 10.1 Å². The summed E-state index contributed by atoms with van der Waals surface area (Å²) in [5.74, 6) is 0.570. The molecule has 2 aromatic carbocycles.